The monoisotopic (exact) mass is 787 g/mol. The Labute approximate surface area is 347 Å². The lowest BCUT2D eigenvalue weighted by molar-refractivity contribution is 1.24. The molecule has 10 aromatic rings. The fourth-order valence-electron chi connectivity index (χ4n) is 10.2. The lowest BCUT2D eigenvalue weighted by Crippen LogP contribution is -2.47. The van der Waals surface area contributed by atoms with Crippen LogP contribution in [0, 0.1) is 0 Å². The highest BCUT2D eigenvalue weighted by Gasteiger charge is 2.52. The highest BCUT2D eigenvalue weighted by atomic mass is 32.4. The van der Waals surface area contributed by atoms with Crippen LogP contribution >= 0.6 is 6.04 Å². The summed E-state index contributed by atoms with van der Waals surface area (Å²) in [6.45, 7) is 0. The summed E-state index contributed by atoms with van der Waals surface area (Å²) in [7, 11) is 0. The van der Waals surface area contributed by atoms with Crippen LogP contribution in [-0.4, -0.2) is 0 Å². The molecule has 0 amide bonds. The lowest BCUT2D eigenvalue weighted by Gasteiger charge is -2.52. The number of benzene rings is 10. The molecule has 0 spiro atoms. The Morgan fingerprint density at radius 2 is 0.712 bits per heavy atom. The van der Waals surface area contributed by atoms with Crippen molar-refractivity contribution >= 4 is 117 Å². The predicted octanol–water partition coefficient (Wildman–Crippen LogP) is 13.9. The van der Waals surface area contributed by atoms with Crippen molar-refractivity contribution in [2.24, 2.45) is 0 Å². The molecule has 0 N–H and O–H groups in total. The molecule has 59 heavy (non-hydrogen) atoms. The number of fused-ring (bicyclic) bond motifs is 5. The molecule has 3 nitrogen and oxygen atoms in total. The van der Waals surface area contributed by atoms with Crippen LogP contribution in [0.5, 0.6) is 0 Å². The molecule has 0 bridgehead atoms. The van der Waals surface area contributed by atoms with Crippen LogP contribution in [-0.2, 0) is 11.8 Å². The SMILES string of the molecule is S=P12c3c4cc(-c5cccc6ccccc56)cc3N(c3ccccc3)c3c1c(cc1ccccc31)N(c1ccccc1)c1cc3ccccc3c(c12)N4c1ccccc1. The van der Waals surface area contributed by atoms with Gasteiger partial charge in [-0.3, -0.25) is 0 Å². The Morgan fingerprint density at radius 1 is 0.322 bits per heavy atom. The van der Waals surface area contributed by atoms with Crippen molar-refractivity contribution in [2.45, 2.75) is 0 Å². The normalized spacial score (nSPS) is 14.2. The number of hydrogen-bond donors (Lipinski definition) is 0. The first-order valence-electron chi connectivity index (χ1n) is 20.1. The number of nitrogens with zero attached hydrogens (tertiary/aromatic N) is 3. The molecule has 0 radical (unpaired) electrons. The second kappa shape index (κ2) is 12.3. The average molecular weight is 788 g/mol. The molecular formula is C54H34N3PS. The summed E-state index contributed by atoms with van der Waals surface area (Å²) in [6, 6.07) is 72.9. The van der Waals surface area contributed by atoms with E-state index in [0.29, 0.717) is 0 Å². The summed E-state index contributed by atoms with van der Waals surface area (Å²) in [5.74, 6) is 0. The molecule has 5 heteroatoms. The largest absolute Gasteiger partial charge is 0.309 e. The van der Waals surface area contributed by atoms with Crippen LogP contribution in [0.3, 0.4) is 0 Å². The number of hydrogen-bond acceptors (Lipinski definition) is 4. The van der Waals surface area contributed by atoms with E-state index in [0.717, 1.165) is 45.4 Å². The molecule has 3 aliphatic rings. The Kier molecular flexibility index (Phi) is 6.87. The summed E-state index contributed by atoms with van der Waals surface area (Å²) in [5, 5.41) is 11.0. The van der Waals surface area contributed by atoms with Crippen LogP contribution in [0.25, 0.3) is 43.4 Å². The van der Waals surface area contributed by atoms with Crippen LogP contribution < -0.4 is 30.6 Å². The van der Waals surface area contributed by atoms with E-state index in [4.69, 9.17) is 11.8 Å². The summed E-state index contributed by atoms with van der Waals surface area (Å²) >= 11 is 7.69. The standard InChI is InChI=1S/C54H34N3PS/c59-58-52-46-33-38(43-30-16-20-35-17-10-13-27-42(35)43)34-47(52)57(41-25-8-3-9-26-41)51-45-29-15-12-19-37(45)32-49(54(51)58)55(39-21-4-1-5-22-39)48-31-36-18-11-14-28-44(36)50(53(48)58)56(46)40-23-6-2-7-24-40/h1-34H. The highest BCUT2D eigenvalue weighted by Crippen LogP contribution is 2.69. The van der Waals surface area contributed by atoms with Crippen LogP contribution in [0.1, 0.15) is 0 Å². The molecule has 0 saturated heterocycles. The second-order valence-electron chi connectivity index (χ2n) is 15.6. The van der Waals surface area contributed by atoms with Crippen molar-refractivity contribution in [1.82, 2.24) is 0 Å². The number of anilines is 9. The Hall–Kier alpha value is -6.97. The van der Waals surface area contributed by atoms with Gasteiger partial charge in [0.1, 0.15) is 0 Å². The number of rotatable bonds is 4. The molecule has 0 aromatic heterocycles. The molecule has 3 aliphatic heterocycles. The third kappa shape index (κ3) is 4.45. The van der Waals surface area contributed by atoms with Gasteiger partial charge in [-0.25, -0.2) is 0 Å². The van der Waals surface area contributed by atoms with Gasteiger partial charge in [0.15, 0.2) is 0 Å². The maximum Gasteiger partial charge on any atom is 0.0652 e. The van der Waals surface area contributed by atoms with E-state index in [9.17, 15) is 0 Å². The van der Waals surface area contributed by atoms with Gasteiger partial charge in [0, 0.05) is 43.7 Å². The molecule has 276 valence electrons. The van der Waals surface area contributed by atoms with Gasteiger partial charge in [-0.15, -0.1) is 0 Å². The van der Waals surface area contributed by atoms with E-state index < -0.39 is 6.04 Å². The van der Waals surface area contributed by atoms with Crippen molar-refractivity contribution in [3.8, 4) is 11.1 Å². The molecule has 3 heterocycles. The number of para-hydroxylation sites is 3. The zero-order valence-electron chi connectivity index (χ0n) is 31.8. The predicted molar refractivity (Wildman–Crippen MR) is 255 cm³/mol. The first-order valence-corrected chi connectivity index (χ1v) is 22.9. The highest BCUT2D eigenvalue weighted by molar-refractivity contribution is 8.26. The molecule has 0 unspecified atom stereocenters. The van der Waals surface area contributed by atoms with Gasteiger partial charge >= 0.3 is 0 Å². The smallest absolute Gasteiger partial charge is 0.0652 e. The van der Waals surface area contributed by atoms with E-state index in [2.05, 4.69) is 221 Å². The van der Waals surface area contributed by atoms with Gasteiger partial charge in [0.25, 0.3) is 0 Å². The van der Waals surface area contributed by atoms with Gasteiger partial charge < -0.3 is 14.7 Å². The molecule has 0 aliphatic carbocycles. The minimum atomic E-state index is -2.82. The molecule has 10 aromatic carbocycles. The first-order chi connectivity index (χ1) is 29.2. The Morgan fingerprint density at radius 3 is 1.22 bits per heavy atom. The third-order valence-corrected chi connectivity index (χ3v) is 17.4. The maximum atomic E-state index is 7.69. The van der Waals surface area contributed by atoms with Gasteiger partial charge in [-0.05, 0) is 93.3 Å². The summed E-state index contributed by atoms with van der Waals surface area (Å²) in [4.78, 5) is 7.60. The van der Waals surface area contributed by atoms with Crippen molar-refractivity contribution in [3.63, 3.8) is 0 Å². The zero-order valence-corrected chi connectivity index (χ0v) is 33.5. The van der Waals surface area contributed by atoms with Crippen molar-refractivity contribution in [1.29, 1.82) is 0 Å². The molecule has 13 rings (SSSR count). The Balaban J connectivity index is 1.29. The lowest BCUT2D eigenvalue weighted by atomic mass is 9.95. The van der Waals surface area contributed by atoms with Crippen LogP contribution in [0.15, 0.2) is 206 Å². The van der Waals surface area contributed by atoms with Crippen molar-refractivity contribution in [2.75, 3.05) is 14.7 Å². The second-order valence-corrected chi connectivity index (χ2v) is 19.8. The average Bonchev–Trinajstić information content (AvgIpc) is 3.29. The van der Waals surface area contributed by atoms with Gasteiger partial charge in [-0.2, -0.15) is 0 Å². The van der Waals surface area contributed by atoms with E-state index in [-0.39, 0.29) is 0 Å². The van der Waals surface area contributed by atoms with Crippen LogP contribution in [0.4, 0.5) is 51.2 Å². The first kappa shape index (κ1) is 33.0. The molecular weight excluding hydrogens is 754 g/mol. The fourth-order valence-corrected chi connectivity index (χ4v) is 15.5. The molecule has 0 atom stereocenters. The van der Waals surface area contributed by atoms with Crippen molar-refractivity contribution < 1.29 is 0 Å². The molecule has 0 fully saturated rings. The van der Waals surface area contributed by atoms with E-state index in [1.807, 2.05) is 0 Å². The summed E-state index contributed by atoms with van der Waals surface area (Å²) in [6.07, 6.45) is 0. The van der Waals surface area contributed by atoms with E-state index in [1.54, 1.807) is 0 Å². The van der Waals surface area contributed by atoms with Crippen molar-refractivity contribution in [3.05, 3.63) is 206 Å². The Bertz CT molecular complexity index is 3270. The zero-order chi connectivity index (χ0) is 38.8. The van der Waals surface area contributed by atoms with E-state index >= 15 is 0 Å². The maximum absolute atomic E-state index is 7.69. The van der Waals surface area contributed by atoms with E-state index in [1.165, 1.54) is 65.2 Å². The molecule has 0 saturated carbocycles. The third-order valence-electron chi connectivity index (χ3n) is 12.5. The van der Waals surface area contributed by atoms with Gasteiger partial charge in [0.2, 0.25) is 0 Å². The topological polar surface area (TPSA) is 9.72 Å². The minimum absolute atomic E-state index is 1.11. The van der Waals surface area contributed by atoms with Gasteiger partial charge in [0.05, 0.1) is 40.2 Å². The quantitative estimate of drug-likeness (QED) is 0.164. The van der Waals surface area contributed by atoms with Crippen LogP contribution in [0.2, 0.25) is 0 Å². The van der Waals surface area contributed by atoms with Gasteiger partial charge in [-0.1, -0.05) is 157 Å². The minimum Gasteiger partial charge on any atom is -0.309 e. The summed E-state index contributed by atoms with van der Waals surface area (Å²) in [5.41, 5.74) is 12.7. The fraction of sp³-hybridized carbons (Fsp3) is 0. The summed E-state index contributed by atoms with van der Waals surface area (Å²) < 4.78 is 0.